The fourth-order valence-corrected chi connectivity index (χ4v) is 4.49. The Bertz CT molecular complexity index is 1440. The molecule has 1 N–H and O–H groups in total. The second-order valence-electron chi connectivity index (χ2n) is 9.55. The highest BCUT2D eigenvalue weighted by atomic mass is 16.6. The molecule has 0 spiro atoms. The molecule has 1 aliphatic rings. The number of hydrogen-bond acceptors (Lipinski definition) is 5. The van der Waals surface area contributed by atoms with Gasteiger partial charge in [-0.1, -0.05) is 60.7 Å². The first kappa shape index (κ1) is 26.7. The smallest absolute Gasteiger partial charge is 0.414 e. The largest absolute Gasteiger partial charge is 0.846 e. The lowest BCUT2D eigenvalue weighted by molar-refractivity contribution is -0.727. The van der Waals surface area contributed by atoms with E-state index in [2.05, 4.69) is 22.4 Å². The monoisotopic (exact) mass is 536 g/mol. The Balaban J connectivity index is 1.11. The number of pyridine rings is 1. The van der Waals surface area contributed by atoms with Crippen molar-refractivity contribution in [2.75, 3.05) is 18.4 Å². The molecular weight excluding hydrogens is 504 g/mol. The molecule has 4 aromatic rings. The lowest BCUT2D eigenvalue weighted by atomic mass is 10.0. The third kappa shape index (κ3) is 7.38. The van der Waals surface area contributed by atoms with Gasteiger partial charge in [-0.25, -0.2) is 4.79 Å². The first-order valence-corrected chi connectivity index (χ1v) is 13.4. The SMILES string of the molecule is O=C(OC[n+]1cccc(CN=C([O-])Nc2ccc(COc3ccccc3-c3ccccc3)cc2)c1)N1CCCC1. The van der Waals surface area contributed by atoms with Crippen LogP contribution in [0.3, 0.4) is 0 Å². The molecule has 1 aliphatic heterocycles. The minimum atomic E-state index is -0.434. The molecule has 5 rings (SSSR count). The van der Waals surface area contributed by atoms with E-state index in [1.807, 2.05) is 91.3 Å². The Labute approximate surface area is 234 Å². The van der Waals surface area contributed by atoms with Gasteiger partial charge in [-0.05, 0) is 48.2 Å². The summed E-state index contributed by atoms with van der Waals surface area (Å²) in [5, 5.41) is 15.2. The van der Waals surface area contributed by atoms with Crippen molar-refractivity contribution >= 4 is 17.8 Å². The zero-order chi connectivity index (χ0) is 27.6. The summed E-state index contributed by atoms with van der Waals surface area (Å²) in [6.45, 7) is 2.22. The Morgan fingerprint density at radius 3 is 2.45 bits per heavy atom. The van der Waals surface area contributed by atoms with Crippen molar-refractivity contribution in [1.29, 1.82) is 0 Å². The second-order valence-corrected chi connectivity index (χ2v) is 9.55. The van der Waals surface area contributed by atoms with Gasteiger partial charge in [-0.2, -0.15) is 4.57 Å². The topological polar surface area (TPSA) is 90.1 Å². The van der Waals surface area contributed by atoms with Crippen LogP contribution in [0.15, 0.2) is 108 Å². The van der Waals surface area contributed by atoms with E-state index < -0.39 is 6.02 Å². The number of amides is 1. The van der Waals surface area contributed by atoms with Crippen molar-refractivity contribution in [2.24, 2.45) is 4.99 Å². The molecule has 1 saturated heterocycles. The van der Waals surface area contributed by atoms with Gasteiger partial charge in [0, 0.05) is 36.0 Å². The maximum Gasteiger partial charge on any atom is 0.414 e. The third-order valence-corrected chi connectivity index (χ3v) is 6.60. The third-order valence-electron chi connectivity index (χ3n) is 6.60. The van der Waals surface area contributed by atoms with Gasteiger partial charge in [0.2, 0.25) is 0 Å². The first-order chi connectivity index (χ1) is 19.6. The summed E-state index contributed by atoms with van der Waals surface area (Å²) in [6, 6.07) is 28.9. The summed E-state index contributed by atoms with van der Waals surface area (Å²) in [7, 11) is 0. The summed E-state index contributed by atoms with van der Waals surface area (Å²) >= 11 is 0. The van der Waals surface area contributed by atoms with Gasteiger partial charge in [0.05, 0.1) is 12.6 Å². The Morgan fingerprint density at radius 2 is 1.65 bits per heavy atom. The van der Waals surface area contributed by atoms with Crippen molar-refractivity contribution in [1.82, 2.24) is 4.90 Å². The van der Waals surface area contributed by atoms with Crippen LogP contribution in [-0.2, 0) is 24.6 Å². The normalized spacial score (nSPS) is 13.2. The molecule has 2 heterocycles. The zero-order valence-corrected chi connectivity index (χ0v) is 22.2. The zero-order valence-electron chi connectivity index (χ0n) is 22.2. The number of hydrogen-bond donors (Lipinski definition) is 1. The number of carbonyl (C=O) groups is 1. The van der Waals surface area contributed by atoms with Gasteiger partial charge in [0.1, 0.15) is 12.4 Å². The van der Waals surface area contributed by atoms with Crippen LogP contribution in [0.2, 0.25) is 0 Å². The van der Waals surface area contributed by atoms with Crippen molar-refractivity contribution < 1.29 is 23.9 Å². The van der Waals surface area contributed by atoms with Gasteiger partial charge in [0.15, 0.2) is 12.4 Å². The summed E-state index contributed by atoms with van der Waals surface area (Å²) < 4.78 is 13.3. The fraction of sp³-hybridized carbons (Fsp3) is 0.219. The molecule has 0 radical (unpaired) electrons. The maximum absolute atomic E-state index is 12.4. The summed E-state index contributed by atoms with van der Waals surface area (Å²) in [6.07, 6.45) is 5.37. The van der Waals surface area contributed by atoms with Crippen LogP contribution in [0.5, 0.6) is 5.75 Å². The molecule has 1 aromatic heterocycles. The molecule has 204 valence electrons. The Kier molecular flexibility index (Phi) is 8.88. The van der Waals surface area contributed by atoms with Gasteiger partial charge < -0.3 is 24.8 Å². The summed E-state index contributed by atoms with van der Waals surface area (Å²) in [5.74, 6) is 0.817. The molecule has 0 unspecified atom stereocenters. The highest BCUT2D eigenvalue weighted by molar-refractivity contribution is 5.85. The molecular formula is C32H32N4O4. The van der Waals surface area contributed by atoms with Crippen LogP contribution >= 0.6 is 0 Å². The van der Waals surface area contributed by atoms with E-state index in [0.29, 0.717) is 12.3 Å². The Hall–Kier alpha value is -4.85. The molecule has 3 aromatic carbocycles. The van der Waals surface area contributed by atoms with Gasteiger partial charge in [-0.3, -0.25) is 4.99 Å². The minimum absolute atomic E-state index is 0.114. The van der Waals surface area contributed by atoms with E-state index in [-0.39, 0.29) is 19.4 Å². The quantitative estimate of drug-likeness (QED) is 0.190. The number of carbonyl (C=O) groups excluding carboxylic acids is 1. The molecule has 8 nitrogen and oxygen atoms in total. The number of para-hydroxylation sites is 1. The molecule has 1 fully saturated rings. The molecule has 0 saturated carbocycles. The first-order valence-electron chi connectivity index (χ1n) is 13.4. The van der Waals surface area contributed by atoms with Crippen molar-refractivity contribution in [3.05, 3.63) is 115 Å². The minimum Gasteiger partial charge on any atom is -0.846 e. The predicted octanol–water partition coefficient (Wildman–Crippen LogP) is 4.74. The molecule has 40 heavy (non-hydrogen) atoms. The number of anilines is 1. The number of benzene rings is 3. The van der Waals surface area contributed by atoms with Crippen LogP contribution in [-0.4, -0.2) is 30.1 Å². The number of likely N-dealkylation sites (tertiary alicyclic amines) is 1. The highest BCUT2D eigenvalue weighted by Gasteiger charge is 2.20. The molecule has 1 amide bonds. The maximum atomic E-state index is 12.4. The van der Waals surface area contributed by atoms with E-state index in [9.17, 15) is 9.90 Å². The second kappa shape index (κ2) is 13.3. The average Bonchev–Trinajstić information content (AvgIpc) is 3.55. The van der Waals surface area contributed by atoms with Crippen molar-refractivity contribution in [2.45, 2.75) is 32.7 Å². The number of nitrogens with zero attached hydrogens (tertiary/aromatic N) is 3. The van der Waals surface area contributed by atoms with Crippen molar-refractivity contribution in [3.8, 4) is 16.9 Å². The van der Waals surface area contributed by atoms with Crippen molar-refractivity contribution in [3.63, 3.8) is 0 Å². The van der Waals surface area contributed by atoms with E-state index in [1.54, 1.807) is 9.47 Å². The lowest BCUT2D eigenvalue weighted by Gasteiger charge is -2.15. The molecule has 0 atom stereocenters. The lowest BCUT2D eigenvalue weighted by Crippen LogP contribution is -2.39. The average molecular weight is 537 g/mol. The fourth-order valence-electron chi connectivity index (χ4n) is 4.49. The molecule has 0 bridgehead atoms. The van der Waals surface area contributed by atoms with Crippen LogP contribution in [0, 0.1) is 0 Å². The number of ether oxygens (including phenoxy) is 2. The van der Waals surface area contributed by atoms with Crippen LogP contribution in [0.25, 0.3) is 11.1 Å². The number of aliphatic imine (C=N–C) groups is 1. The van der Waals surface area contributed by atoms with Gasteiger partial charge >= 0.3 is 6.09 Å². The summed E-state index contributed by atoms with van der Waals surface area (Å²) in [4.78, 5) is 17.9. The Morgan fingerprint density at radius 1 is 0.900 bits per heavy atom. The van der Waals surface area contributed by atoms with Crippen LogP contribution in [0.4, 0.5) is 10.5 Å². The van der Waals surface area contributed by atoms with E-state index in [0.717, 1.165) is 53.9 Å². The number of nitrogens with one attached hydrogen (secondary N) is 1. The highest BCUT2D eigenvalue weighted by Crippen LogP contribution is 2.30. The predicted molar refractivity (Wildman–Crippen MR) is 151 cm³/mol. The van der Waals surface area contributed by atoms with Crippen LogP contribution < -0.4 is 19.7 Å². The molecule has 0 aliphatic carbocycles. The van der Waals surface area contributed by atoms with Crippen LogP contribution in [0.1, 0.15) is 24.0 Å². The number of amidine groups is 1. The van der Waals surface area contributed by atoms with Gasteiger partial charge in [-0.15, -0.1) is 0 Å². The van der Waals surface area contributed by atoms with E-state index in [4.69, 9.17) is 9.47 Å². The van der Waals surface area contributed by atoms with Gasteiger partial charge in [0.25, 0.3) is 6.73 Å². The summed E-state index contributed by atoms with van der Waals surface area (Å²) in [5.41, 5.74) is 4.61. The van der Waals surface area contributed by atoms with E-state index >= 15 is 0 Å². The standard InChI is InChI=1S/C32H32N4O4/c37-31(33-21-26-9-8-18-35(22-26)24-40-32(38)36-19-6-7-20-36)34-28-16-14-25(15-17-28)23-39-30-13-5-4-12-29(30)27-10-2-1-3-11-27/h1-5,8-18,22H,6-7,19-21,23-24H2,(H-,33,34,37). The number of rotatable bonds is 9. The van der Waals surface area contributed by atoms with E-state index in [1.165, 1.54) is 0 Å². The number of aromatic nitrogens is 1. The molecule has 8 heteroatoms.